The van der Waals surface area contributed by atoms with Crippen molar-refractivity contribution >= 4 is 11.4 Å². The second kappa shape index (κ2) is 6.26. The van der Waals surface area contributed by atoms with E-state index in [2.05, 4.69) is 0 Å². The van der Waals surface area contributed by atoms with Gasteiger partial charge in [0.2, 0.25) is 0 Å². The molecule has 2 N–H and O–H groups in total. The normalized spacial score (nSPS) is 17.6. The molecule has 1 aliphatic heterocycles. The van der Waals surface area contributed by atoms with E-state index in [1.807, 2.05) is 11.8 Å². The van der Waals surface area contributed by atoms with Crippen LogP contribution in [0.15, 0.2) is 12.1 Å². The van der Waals surface area contributed by atoms with Crippen molar-refractivity contribution in [1.82, 2.24) is 0 Å². The van der Waals surface area contributed by atoms with E-state index in [0.717, 1.165) is 18.9 Å². The largest absolute Gasteiger partial charge is 0.490 e. The predicted molar refractivity (Wildman–Crippen MR) is 78.2 cm³/mol. The number of ether oxygens (including phenoxy) is 1. The van der Waals surface area contributed by atoms with E-state index in [9.17, 15) is 14.5 Å². The van der Waals surface area contributed by atoms with Crippen LogP contribution in [0, 0.1) is 21.8 Å². The zero-order chi connectivity index (χ0) is 15.6. The van der Waals surface area contributed by atoms with Crippen molar-refractivity contribution in [1.29, 1.82) is 0 Å². The first-order valence-electron chi connectivity index (χ1n) is 6.96. The van der Waals surface area contributed by atoms with E-state index < -0.39 is 10.7 Å². The van der Waals surface area contributed by atoms with Crippen LogP contribution in [0.4, 0.5) is 15.8 Å². The number of nitrogens with two attached hydrogens (primary N) is 1. The Morgan fingerprint density at radius 2 is 2.10 bits per heavy atom. The van der Waals surface area contributed by atoms with Crippen molar-refractivity contribution in [3.8, 4) is 5.75 Å². The van der Waals surface area contributed by atoms with Crippen molar-refractivity contribution in [2.24, 2.45) is 11.7 Å². The van der Waals surface area contributed by atoms with Crippen molar-refractivity contribution in [2.45, 2.75) is 25.8 Å². The Labute approximate surface area is 122 Å². The predicted octanol–water partition coefficient (Wildman–Crippen LogP) is 2.31. The molecule has 0 spiro atoms. The summed E-state index contributed by atoms with van der Waals surface area (Å²) in [4.78, 5) is 12.1. The van der Waals surface area contributed by atoms with Gasteiger partial charge in [-0.2, -0.15) is 0 Å². The van der Waals surface area contributed by atoms with Crippen LogP contribution in [0.1, 0.15) is 19.8 Å². The fourth-order valence-electron chi connectivity index (χ4n) is 2.75. The summed E-state index contributed by atoms with van der Waals surface area (Å²) in [5.74, 6) is -0.0864. The molecular formula is C14H20FN3O3. The quantitative estimate of drug-likeness (QED) is 0.681. The summed E-state index contributed by atoms with van der Waals surface area (Å²) < 4.78 is 19.1. The fraction of sp³-hybridized carbons (Fsp3) is 0.571. The number of hydrogen-bond acceptors (Lipinski definition) is 5. The average Bonchev–Trinajstić information content (AvgIpc) is 2.47. The standard InChI is InChI=1S/C14H20FN3O3/c1-9(16)10-3-5-17(6-4-10)12-8-14(21-2)13(18(19)20)7-11(12)15/h7-10H,3-6,16H2,1-2H3. The van der Waals surface area contributed by atoms with E-state index in [1.54, 1.807) is 0 Å². The molecule has 116 valence electrons. The minimum absolute atomic E-state index is 0.0747. The third-order valence-corrected chi connectivity index (χ3v) is 4.07. The second-order valence-corrected chi connectivity index (χ2v) is 5.42. The smallest absolute Gasteiger partial charge is 0.313 e. The Morgan fingerprint density at radius 1 is 1.48 bits per heavy atom. The number of nitrogens with zero attached hydrogens (tertiary/aromatic N) is 2. The van der Waals surface area contributed by atoms with E-state index in [4.69, 9.17) is 10.5 Å². The van der Waals surface area contributed by atoms with Crippen LogP contribution in [0.25, 0.3) is 0 Å². The molecular weight excluding hydrogens is 277 g/mol. The molecule has 2 rings (SSSR count). The first-order valence-corrected chi connectivity index (χ1v) is 6.96. The van der Waals surface area contributed by atoms with Crippen LogP contribution < -0.4 is 15.4 Å². The summed E-state index contributed by atoms with van der Waals surface area (Å²) in [5.41, 5.74) is 5.88. The third kappa shape index (κ3) is 3.24. The van der Waals surface area contributed by atoms with Crippen LogP contribution in [-0.4, -0.2) is 31.2 Å². The first-order chi connectivity index (χ1) is 9.93. The molecule has 0 bridgehead atoms. The number of rotatable bonds is 4. The Balaban J connectivity index is 2.23. The highest BCUT2D eigenvalue weighted by Gasteiger charge is 2.26. The molecule has 21 heavy (non-hydrogen) atoms. The highest BCUT2D eigenvalue weighted by Crippen LogP contribution is 2.35. The average molecular weight is 297 g/mol. The third-order valence-electron chi connectivity index (χ3n) is 4.07. The summed E-state index contributed by atoms with van der Waals surface area (Å²) in [6.45, 7) is 3.35. The zero-order valence-corrected chi connectivity index (χ0v) is 12.2. The lowest BCUT2D eigenvalue weighted by Crippen LogP contribution is -2.40. The van der Waals surface area contributed by atoms with Gasteiger partial charge in [0.1, 0.15) is 0 Å². The lowest BCUT2D eigenvalue weighted by Gasteiger charge is -2.35. The van der Waals surface area contributed by atoms with Gasteiger partial charge in [0, 0.05) is 25.2 Å². The second-order valence-electron chi connectivity index (χ2n) is 5.42. The van der Waals surface area contributed by atoms with Crippen LogP contribution in [-0.2, 0) is 0 Å². The Kier molecular flexibility index (Phi) is 4.62. The molecule has 0 aliphatic carbocycles. The summed E-state index contributed by atoms with van der Waals surface area (Å²) >= 11 is 0. The van der Waals surface area contributed by atoms with Crippen molar-refractivity contribution in [3.63, 3.8) is 0 Å². The van der Waals surface area contributed by atoms with E-state index in [1.165, 1.54) is 13.2 Å². The van der Waals surface area contributed by atoms with Gasteiger partial charge in [0.05, 0.1) is 23.8 Å². The van der Waals surface area contributed by atoms with E-state index in [0.29, 0.717) is 24.7 Å². The SMILES string of the molecule is COc1cc(N2CCC(C(C)N)CC2)c(F)cc1[N+](=O)[O-]. The topological polar surface area (TPSA) is 81.6 Å². The Morgan fingerprint density at radius 3 is 2.57 bits per heavy atom. The van der Waals surface area contributed by atoms with Crippen molar-refractivity contribution in [2.75, 3.05) is 25.1 Å². The van der Waals surface area contributed by atoms with Crippen LogP contribution in [0.3, 0.4) is 0 Å². The van der Waals surface area contributed by atoms with Crippen molar-refractivity contribution < 1.29 is 14.1 Å². The summed E-state index contributed by atoms with van der Waals surface area (Å²) in [6.07, 6.45) is 1.77. The number of benzene rings is 1. The summed E-state index contributed by atoms with van der Waals surface area (Å²) in [5, 5.41) is 10.9. The van der Waals surface area contributed by atoms with Crippen LogP contribution in [0.5, 0.6) is 5.75 Å². The van der Waals surface area contributed by atoms with E-state index >= 15 is 0 Å². The number of anilines is 1. The fourth-order valence-corrected chi connectivity index (χ4v) is 2.75. The van der Waals surface area contributed by atoms with Crippen LogP contribution >= 0.6 is 0 Å². The van der Waals surface area contributed by atoms with Gasteiger partial charge in [0.25, 0.3) is 0 Å². The molecule has 0 saturated carbocycles. The molecule has 1 aliphatic rings. The number of hydrogen-bond donors (Lipinski definition) is 1. The molecule has 0 aromatic heterocycles. The maximum atomic E-state index is 14.1. The highest BCUT2D eigenvalue weighted by molar-refractivity contribution is 5.60. The van der Waals surface area contributed by atoms with Gasteiger partial charge in [-0.3, -0.25) is 10.1 Å². The van der Waals surface area contributed by atoms with Gasteiger partial charge in [0.15, 0.2) is 11.6 Å². The molecule has 1 fully saturated rings. The highest BCUT2D eigenvalue weighted by atomic mass is 19.1. The number of nitro benzene ring substituents is 1. The minimum atomic E-state index is -0.645. The molecule has 1 saturated heterocycles. The number of methoxy groups -OCH3 is 1. The maximum absolute atomic E-state index is 14.1. The van der Waals surface area contributed by atoms with Gasteiger partial charge in [-0.15, -0.1) is 0 Å². The molecule has 1 aromatic carbocycles. The van der Waals surface area contributed by atoms with Gasteiger partial charge >= 0.3 is 5.69 Å². The molecule has 6 nitrogen and oxygen atoms in total. The van der Waals surface area contributed by atoms with Gasteiger partial charge < -0.3 is 15.4 Å². The lowest BCUT2D eigenvalue weighted by molar-refractivity contribution is -0.385. The number of piperidine rings is 1. The molecule has 7 heteroatoms. The maximum Gasteiger partial charge on any atom is 0.313 e. The molecule has 1 aromatic rings. The number of halogens is 1. The molecule has 1 unspecified atom stereocenters. The Bertz CT molecular complexity index is 528. The zero-order valence-electron chi connectivity index (χ0n) is 12.2. The number of nitro groups is 1. The summed E-state index contributed by atoms with van der Waals surface area (Å²) in [7, 11) is 1.34. The molecule has 0 amide bonds. The Hall–Kier alpha value is -1.89. The molecule has 1 heterocycles. The van der Waals surface area contributed by atoms with Gasteiger partial charge in [-0.25, -0.2) is 4.39 Å². The minimum Gasteiger partial charge on any atom is -0.490 e. The summed E-state index contributed by atoms with van der Waals surface area (Å²) in [6, 6.07) is 2.45. The van der Waals surface area contributed by atoms with Gasteiger partial charge in [-0.1, -0.05) is 0 Å². The monoisotopic (exact) mass is 297 g/mol. The van der Waals surface area contributed by atoms with E-state index in [-0.39, 0.29) is 17.5 Å². The first kappa shape index (κ1) is 15.5. The lowest BCUT2D eigenvalue weighted by atomic mass is 9.90. The molecule has 0 radical (unpaired) electrons. The van der Waals surface area contributed by atoms with Crippen LogP contribution in [0.2, 0.25) is 0 Å². The molecule has 1 atom stereocenters. The van der Waals surface area contributed by atoms with Gasteiger partial charge in [-0.05, 0) is 25.7 Å². The van der Waals surface area contributed by atoms with Crippen molar-refractivity contribution in [3.05, 3.63) is 28.1 Å².